The number of hydrogen-bond acceptors (Lipinski definition) is 4. The van der Waals surface area contributed by atoms with E-state index in [-0.39, 0.29) is 11.2 Å². The number of halogens is 1. The number of benzene rings is 2. The fourth-order valence-corrected chi connectivity index (χ4v) is 3.41. The summed E-state index contributed by atoms with van der Waals surface area (Å²) in [5, 5.41) is 3.09. The van der Waals surface area contributed by atoms with Crippen molar-refractivity contribution in [1.82, 2.24) is 4.98 Å². The molecule has 1 aromatic heterocycles. The molecule has 23 heavy (non-hydrogen) atoms. The minimum absolute atomic E-state index is 0.0955. The number of amides is 1. The Morgan fingerprint density at radius 3 is 2.83 bits per heavy atom. The van der Waals surface area contributed by atoms with E-state index in [4.69, 9.17) is 4.42 Å². The minimum atomic E-state index is -0.323. The van der Waals surface area contributed by atoms with Crippen molar-refractivity contribution < 1.29 is 9.21 Å². The van der Waals surface area contributed by atoms with E-state index >= 15 is 0 Å². The van der Waals surface area contributed by atoms with E-state index in [1.54, 1.807) is 0 Å². The van der Waals surface area contributed by atoms with E-state index in [1.807, 2.05) is 56.3 Å². The average molecular weight is 391 g/mol. The van der Waals surface area contributed by atoms with Gasteiger partial charge in [-0.1, -0.05) is 30.0 Å². The van der Waals surface area contributed by atoms with Crippen molar-refractivity contribution in [3.05, 3.63) is 52.5 Å². The van der Waals surface area contributed by atoms with Gasteiger partial charge in [0, 0.05) is 4.47 Å². The number of nitrogens with zero attached hydrogens (tertiary/aromatic N) is 1. The van der Waals surface area contributed by atoms with Gasteiger partial charge in [-0.25, -0.2) is 4.98 Å². The van der Waals surface area contributed by atoms with E-state index in [2.05, 4.69) is 26.2 Å². The van der Waals surface area contributed by atoms with Crippen LogP contribution < -0.4 is 5.32 Å². The molecule has 2 aromatic carbocycles. The predicted molar refractivity (Wildman–Crippen MR) is 96.8 cm³/mol. The van der Waals surface area contributed by atoms with Gasteiger partial charge in [-0.3, -0.25) is 4.79 Å². The first-order chi connectivity index (χ1) is 11.0. The number of oxazole rings is 1. The number of rotatable bonds is 4. The number of carbonyl (C=O) groups excluding carboxylic acids is 1. The molecule has 1 N–H and O–H groups in total. The Balaban J connectivity index is 1.69. The normalized spacial score (nSPS) is 12.3. The maximum Gasteiger partial charge on any atom is 0.257 e. The van der Waals surface area contributed by atoms with Gasteiger partial charge in [0.2, 0.25) is 5.91 Å². The summed E-state index contributed by atoms with van der Waals surface area (Å²) in [5.74, 6) is -0.0955. The Morgan fingerprint density at radius 2 is 2.09 bits per heavy atom. The highest BCUT2D eigenvalue weighted by Gasteiger charge is 2.18. The second kappa shape index (κ2) is 6.76. The maximum absolute atomic E-state index is 12.3. The summed E-state index contributed by atoms with van der Waals surface area (Å²) in [4.78, 5) is 16.7. The van der Waals surface area contributed by atoms with Crippen molar-refractivity contribution in [3.63, 3.8) is 0 Å². The number of hydrogen-bond donors (Lipinski definition) is 1. The number of aryl methyl sites for hydroxylation is 1. The number of carbonyl (C=O) groups is 1. The van der Waals surface area contributed by atoms with Crippen LogP contribution in [0.2, 0.25) is 0 Å². The summed E-state index contributed by atoms with van der Waals surface area (Å²) in [6.07, 6.45) is 0. The quantitative estimate of drug-likeness (QED) is 0.635. The molecule has 0 aliphatic heterocycles. The van der Waals surface area contributed by atoms with Crippen molar-refractivity contribution in [1.29, 1.82) is 0 Å². The van der Waals surface area contributed by atoms with Gasteiger partial charge in [-0.15, -0.1) is 0 Å². The summed E-state index contributed by atoms with van der Waals surface area (Å²) < 4.78 is 6.51. The van der Waals surface area contributed by atoms with Gasteiger partial charge in [-0.2, -0.15) is 0 Å². The van der Waals surface area contributed by atoms with Crippen LogP contribution >= 0.6 is 27.7 Å². The van der Waals surface area contributed by atoms with Crippen molar-refractivity contribution in [2.75, 3.05) is 5.32 Å². The van der Waals surface area contributed by atoms with E-state index in [0.717, 1.165) is 26.8 Å². The van der Waals surface area contributed by atoms with Gasteiger partial charge in [0.1, 0.15) is 5.52 Å². The number of fused-ring (bicyclic) bond motifs is 1. The standard InChI is InChI=1S/C17H15BrN2O2S/c1-10-7-8-13(12(18)9-10)19-16(21)11(2)23-17-20-14-5-3-4-6-15(14)22-17/h3-9,11H,1-2H3,(H,19,21). The van der Waals surface area contributed by atoms with Crippen LogP contribution in [-0.4, -0.2) is 16.1 Å². The average Bonchev–Trinajstić information content (AvgIpc) is 2.92. The van der Waals surface area contributed by atoms with Gasteiger partial charge in [0.15, 0.2) is 5.58 Å². The van der Waals surface area contributed by atoms with Crippen molar-refractivity contribution in [2.45, 2.75) is 24.3 Å². The van der Waals surface area contributed by atoms with E-state index in [1.165, 1.54) is 11.8 Å². The van der Waals surface area contributed by atoms with Crippen LogP contribution in [0.5, 0.6) is 0 Å². The largest absolute Gasteiger partial charge is 0.431 e. The van der Waals surface area contributed by atoms with E-state index < -0.39 is 0 Å². The summed E-state index contributed by atoms with van der Waals surface area (Å²) in [6, 6.07) is 13.4. The van der Waals surface area contributed by atoms with Gasteiger partial charge in [0.05, 0.1) is 10.9 Å². The lowest BCUT2D eigenvalue weighted by Crippen LogP contribution is -2.22. The molecule has 4 nitrogen and oxygen atoms in total. The second-order valence-electron chi connectivity index (χ2n) is 5.18. The zero-order valence-electron chi connectivity index (χ0n) is 12.7. The smallest absolute Gasteiger partial charge is 0.257 e. The fourth-order valence-electron chi connectivity index (χ4n) is 2.06. The first-order valence-electron chi connectivity index (χ1n) is 7.12. The van der Waals surface area contributed by atoms with Crippen molar-refractivity contribution in [3.8, 4) is 0 Å². The number of nitrogens with one attached hydrogen (secondary N) is 1. The fraction of sp³-hybridized carbons (Fsp3) is 0.176. The van der Waals surface area contributed by atoms with Crippen LogP contribution in [-0.2, 0) is 4.79 Å². The maximum atomic E-state index is 12.3. The molecule has 1 atom stereocenters. The molecule has 3 rings (SSSR count). The molecule has 3 aromatic rings. The third-order valence-electron chi connectivity index (χ3n) is 3.30. The molecular weight excluding hydrogens is 376 g/mol. The SMILES string of the molecule is Cc1ccc(NC(=O)C(C)Sc2nc3ccccc3o2)c(Br)c1. The molecule has 118 valence electrons. The Kier molecular flexibility index (Phi) is 4.73. The molecule has 1 unspecified atom stereocenters. The van der Waals surface area contributed by atoms with Gasteiger partial charge >= 0.3 is 0 Å². The van der Waals surface area contributed by atoms with Gasteiger partial charge in [0.25, 0.3) is 5.22 Å². The minimum Gasteiger partial charge on any atom is -0.431 e. The molecule has 0 fully saturated rings. The van der Waals surface area contributed by atoms with Gasteiger partial charge in [-0.05, 0) is 59.6 Å². The van der Waals surface area contributed by atoms with Crippen molar-refractivity contribution >= 4 is 50.4 Å². The van der Waals surface area contributed by atoms with E-state index in [9.17, 15) is 4.79 Å². The Bertz CT molecular complexity index is 830. The highest BCUT2D eigenvalue weighted by Crippen LogP contribution is 2.28. The number of para-hydroxylation sites is 2. The van der Waals surface area contributed by atoms with Crippen LogP contribution in [0.1, 0.15) is 12.5 Å². The topological polar surface area (TPSA) is 55.1 Å². The van der Waals surface area contributed by atoms with Crippen LogP contribution in [0, 0.1) is 6.92 Å². The number of aromatic nitrogens is 1. The van der Waals surface area contributed by atoms with Crippen LogP contribution in [0.25, 0.3) is 11.1 Å². The highest BCUT2D eigenvalue weighted by atomic mass is 79.9. The monoisotopic (exact) mass is 390 g/mol. The lowest BCUT2D eigenvalue weighted by molar-refractivity contribution is -0.115. The third-order valence-corrected chi connectivity index (χ3v) is 4.90. The lowest BCUT2D eigenvalue weighted by Gasteiger charge is -2.11. The van der Waals surface area contributed by atoms with Crippen LogP contribution in [0.15, 0.2) is 56.6 Å². The van der Waals surface area contributed by atoms with E-state index in [0.29, 0.717) is 5.22 Å². The summed E-state index contributed by atoms with van der Waals surface area (Å²) >= 11 is 4.76. The molecule has 1 amide bonds. The first kappa shape index (κ1) is 16.1. The molecule has 0 saturated carbocycles. The lowest BCUT2D eigenvalue weighted by atomic mass is 10.2. The first-order valence-corrected chi connectivity index (χ1v) is 8.79. The Labute approximate surface area is 146 Å². The molecule has 0 aliphatic carbocycles. The third kappa shape index (κ3) is 3.76. The molecule has 0 radical (unpaired) electrons. The predicted octanol–water partition coefficient (Wildman–Crippen LogP) is 5.02. The summed E-state index contributed by atoms with van der Waals surface area (Å²) in [6.45, 7) is 3.83. The number of thioether (sulfide) groups is 1. The van der Waals surface area contributed by atoms with Crippen molar-refractivity contribution in [2.24, 2.45) is 0 Å². The highest BCUT2D eigenvalue weighted by molar-refractivity contribution is 9.10. The second-order valence-corrected chi connectivity index (χ2v) is 7.33. The molecule has 0 bridgehead atoms. The summed E-state index contributed by atoms with van der Waals surface area (Å²) in [7, 11) is 0. The molecule has 0 aliphatic rings. The van der Waals surface area contributed by atoms with Crippen LogP contribution in [0.3, 0.4) is 0 Å². The Morgan fingerprint density at radius 1 is 1.30 bits per heavy atom. The number of anilines is 1. The molecule has 1 heterocycles. The Hall–Kier alpha value is -1.79. The zero-order chi connectivity index (χ0) is 16.4. The van der Waals surface area contributed by atoms with Gasteiger partial charge < -0.3 is 9.73 Å². The zero-order valence-corrected chi connectivity index (χ0v) is 15.1. The molecular formula is C17H15BrN2O2S. The summed E-state index contributed by atoms with van der Waals surface area (Å²) in [5.41, 5.74) is 3.40. The van der Waals surface area contributed by atoms with Crippen LogP contribution in [0.4, 0.5) is 5.69 Å². The molecule has 0 saturated heterocycles. The molecule has 0 spiro atoms. The molecule has 6 heteroatoms.